The molecule has 0 atom stereocenters. The molecular formula is C21H24ClN5O2. The number of hydrogen-bond acceptors (Lipinski definition) is 5. The van der Waals surface area contributed by atoms with Gasteiger partial charge in [0.1, 0.15) is 0 Å². The molecule has 0 aliphatic heterocycles. The van der Waals surface area contributed by atoms with Gasteiger partial charge in [0.2, 0.25) is 5.89 Å². The van der Waals surface area contributed by atoms with Crippen molar-refractivity contribution in [1.82, 2.24) is 24.9 Å². The van der Waals surface area contributed by atoms with Crippen molar-refractivity contribution in [3.05, 3.63) is 46.4 Å². The van der Waals surface area contributed by atoms with E-state index >= 15 is 0 Å². The van der Waals surface area contributed by atoms with Crippen molar-refractivity contribution in [2.45, 2.75) is 40.0 Å². The second-order valence-corrected chi connectivity index (χ2v) is 7.91. The quantitative estimate of drug-likeness (QED) is 0.571. The molecule has 29 heavy (non-hydrogen) atoms. The maximum absolute atomic E-state index is 12.9. The molecule has 2 heterocycles. The molecule has 0 unspecified atom stereocenters. The van der Waals surface area contributed by atoms with Crippen molar-refractivity contribution in [3.8, 4) is 17.3 Å². The third-order valence-corrected chi connectivity index (χ3v) is 5.54. The van der Waals surface area contributed by atoms with Crippen LogP contribution in [0.5, 0.6) is 0 Å². The number of carbonyl (C=O) groups is 1. The van der Waals surface area contributed by atoms with E-state index in [-0.39, 0.29) is 11.8 Å². The highest BCUT2D eigenvalue weighted by Gasteiger charge is 2.27. The van der Waals surface area contributed by atoms with Crippen LogP contribution in [0.15, 0.2) is 28.7 Å². The number of nitrogens with zero attached hydrogens (tertiary/aromatic N) is 5. The topological polar surface area (TPSA) is 77.1 Å². The van der Waals surface area contributed by atoms with Crippen LogP contribution in [0.4, 0.5) is 0 Å². The summed E-state index contributed by atoms with van der Waals surface area (Å²) in [5, 5.41) is 12.8. The second-order valence-electron chi connectivity index (χ2n) is 7.53. The standard InChI is InChI=1S/C21H24ClN5O2/c1-4-11-26(12-15-5-6-15)21(28)16-7-9-17(10-8-16)27-13(2)18(22)19(25-27)20-24-23-14(3)29-20/h7-10,15H,4-6,11-12H2,1-3H3. The Bertz CT molecular complexity index is 1020. The average Bonchev–Trinajstić information content (AvgIpc) is 3.37. The van der Waals surface area contributed by atoms with Crippen LogP contribution in [-0.2, 0) is 0 Å². The first-order valence-corrected chi connectivity index (χ1v) is 10.3. The van der Waals surface area contributed by atoms with E-state index in [9.17, 15) is 4.79 Å². The van der Waals surface area contributed by atoms with Crippen molar-refractivity contribution in [2.75, 3.05) is 13.1 Å². The van der Waals surface area contributed by atoms with E-state index in [0.29, 0.717) is 28.1 Å². The Morgan fingerprint density at radius 3 is 2.55 bits per heavy atom. The van der Waals surface area contributed by atoms with Gasteiger partial charge in [0.15, 0.2) is 5.69 Å². The number of carbonyl (C=O) groups excluding carboxylic acids is 1. The van der Waals surface area contributed by atoms with Crippen LogP contribution < -0.4 is 0 Å². The average molecular weight is 414 g/mol. The SMILES string of the molecule is CCCN(CC1CC1)C(=O)c1ccc(-n2nc(-c3nnc(C)o3)c(Cl)c2C)cc1. The highest BCUT2D eigenvalue weighted by molar-refractivity contribution is 6.33. The van der Waals surface area contributed by atoms with Gasteiger partial charge in [-0.1, -0.05) is 18.5 Å². The van der Waals surface area contributed by atoms with Gasteiger partial charge < -0.3 is 9.32 Å². The molecule has 8 heteroatoms. The predicted octanol–water partition coefficient (Wildman–Crippen LogP) is 4.45. The van der Waals surface area contributed by atoms with Crippen molar-refractivity contribution >= 4 is 17.5 Å². The number of rotatable bonds is 7. The first kappa shape index (κ1) is 19.6. The normalized spacial score (nSPS) is 13.7. The molecular weight excluding hydrogens is 390 g/mol. The fourth-order valence-corrected chi connectivity index (χ4v) is 3.55. The predicted molar refractivity (Wildman–Crippen MR) is 110 cm³/mol. The van der Waals surface area contributed by atoms with Gasteiger partial charge in [0.25, 0.3) is 11.8 Å². The Morgan fingerprint density at radius 1 is 1.24 bits per heavy atom. The Morgan fingerprint density at radius 2 is 1.97 bits per heavy atom. The molecule has 3 aromatic rings. The van der Waals surface area contributed by atoms with E-state index in [1.165, 1.54) is 12.8 Å². The van der Waals surface area contributed by atoms with Gasteiger partial charge in [-0.05, 0) is 56.4 Å². The fourth-order valence-electron chi connectivity index (χ4n) is 3.35. The number of hydrogen-bond donors (Lipinski definition) is 0. The number of benzene rings is 1. The van der Waals surface area contributed by atoms with E-state index in [2.05, 4.69) is 22.2 Å². The molecule has 0 radical (unpaired) electrons. The molecule has 0 spiro atoms. The monoisotopic (exact) mass is 413 g/mol. The lowest BCUT2D eigenvalue weighted by atomic mass is 10.1. The summed E-state index contributed by atoms with van der Waals surface area (Å²) in [6, 6.07) is 7.46. The highest BCUT2D eigenvalue weighted by atomic mass is 35.5. The minimum absolute atomic E-state index is 0.0857. The zero-order valence-electron chi connectivity index (χ0n) is 16.9. The molecule has 1 aliphatic carbocycles. The lowest BCUT2D eigenvalue weighted by Crippen LogP contribution is -2.33. The van der Waals surface area contributed by atoms with Crippen LogP contribution >= 0.6 is 11.6 Å². The Balaban J connectivity index is 1.58. The maximum Gasteiger partial charge on any atom is 0.269 e. The molecule has 2 aromatic heterocycles. The molecule has 7 nitrogen and oxygen atoms in total. The molecule has 0 saturated heterocycles. The largest absolute Gasteiger partial charge is 0.420 e. The molecule has 1 saturated carbocycles. The summed E-state index contributed by atoms with van der Waals surface area (Å²) in [7, 11) is 0. The molecule has 0 bridgehead atoms. The smallest absolute Gasteiger partial charge is 0.269 e. The number of halogens is 1. The Kier molecular flexibility index (Phi) is 5.41. The van der Waals surface area contributed by atoms with E-state index < -0.39 is 0 Å². The number of aromatic nitrogens is 4. The van der Waals surface area contributed by atoms with Crippen molar-refractivity contribution in [2.24, 2.45) is 5.92 Å². The molecule has 1 aliphatic rings. The minimum atomic E-state index is 0.0857. The molecule has 1 aromatic carbocycles. The summed E-state index contributed by atoms with van der Waals surface area (Å²) in [5.41, 5.74) is 2.71. The molecule has 0 N–H and O–H groups in total. The van der Waals surface area contributed by atoms with Crippen molar-refractivity contribution in [1.29, 1.82) is 0 Å². The molecule has 1 amide bonds. The summed E-state index contributed by atoms with van der Waals surface area (Å²) in [4.78, 5) is 14.9. The Labute approximate surface area is 174 Å². The summed E-state index contributed by atoms with van der Waals surface area (Å²) in [6.45, 7) is 7.34. The van der Waals surface area contributed by atoms with E-state index in [1.54, 1.807) is 11.6 Å². The van der Waals surface area contributed by atoms with Gasteiger partial charge in [-0.25, -0.2) is 4.68 Å². The second kappa shape index (κ2) is 7.99. The Hall–Kier alpha value is -2.67. The summed E-state index contributed by atoms with van der Waals surface area (Å²) in [6.07, 6.45) is 3.42. The fraction of sp³-hybridized carbons (Fsp3) is 0.429. The van der Waals surface area contributed by atoms with Crippen LogP contribution in [-0.4, -0.2) is 43.9 Å². The lowest BCUT2D eigenvalue weighted by Gasteiger charge is -2.22. The van der Waals surface area contributed by atoms with Gasteiger partial charge in [0.05, 0.1) is 16.4 Å². The van der Waals surface area contributed by atoms with Gasteiger partial charge in [0, 0.05) is 25.6 Å². The van der Waals surface area contributed by atoms with E-state index in [1.807, 2.05) is 36.1 Å². The van der Waals surface area contributed by atoms with Gasteiger partial charge in [-0.15, -0.1) is 10.2 Å². The first-order chi connectivity index (χ1) is 14.0. The van der Waals surface area contributed by atoms with E-state index in [0.717, 1.165) is 30.9 Å². The molecule has 1 fully saturated rings. The van der Waals surface area contributed by atoms with Crippen LogP contribution in [0, 0.1) is 19.8 Å². The zero-order chi connectivity index (χ0) is 20.5. The number of aryl methyl sites for hydroxylation is 1. The third kappa shape index (κ3) is 4.05. The van der Waals surface area contributed by atoms with Crippen LogP contribution in [0.3, 0.4) is 0 Å². The van der Waals surface area contributed by atoms with E-state index in [4.69, 9.17) is 16.0 Å². The highest BCUT2D eigenvalue weighted by Crippen LogP contribution is 2.31. The van der Waals surface area contributed by atoms with Crippen LogP contribution in [0.25, 0.3) is 17.3 Å². The number of amides is 1. The van der Waals surface area contributed by atoms with Crippen molar-refractivity contribution in [3.63, 3.8) is 0 Å². The van der Waals surface area contributed by atoms with Crippen molar-refractivity contribution < 1.29 is 9.21 Å². The molecule has 4 rings (SSSR count). The van der Waals surface area contributed by atoms with Gasteiger partial charge >= 0.3 is 0 Å². The maximum atomic E-state index is 12.9. The van der Waals surface area contributed by atoms with Gasteiger partial charge in [-0.3, -0.25) is 4.79 Å². The van der Waals surface area contributed by atoms with Crippen LogP contribution in [0.2, 0.25) is 5.02 Å². The van der Waals surface area contributed by atoms with Crippen LogP contribution in [0.1, 0.15) is 48.1 Å². The third-order valence-electron chi connectivity index (χ3n) is 5.09. The summed E-state index contributed by atoms with van der Waals surface area (Å²) < 4.78 is 7.18. The molecule has 152 valence electrons. The first-order valence-electron chi connectivity index (χ1n) is 9.93. The zero-order valence-corrected chi connectivity index (χ0v) is 17.6. The lowest BCUT2D eigenvalue weighted by molar-refractivity contribution is 0.0747. The minimum Gasteiger partial charge on any atom is -0.420 e. The van der Waals surface area contributed by atoms with Gasteiger partial charge in [-0.2, -0.15) is 5.10 Å². The summed E-state index contributed by atoms with van der Waals surface area (Å²) >= 11 is 6.45. The summed E-state index contributed by atoms with van der Waals surface area (Å²) in [5.74, 6) is 1.50.